The Morgan fingerprint density at radius 1 is 0.947 bits per heavy atom. The van der Waals surface area contributed by atoms with Crippen LogP contribution >= 0.6 is 23.2 Å². The van der Waals surface area contributed by atoms with Gasteiger partial charge in [-0.1, -0.05) is 53.5 Å². The first-order chi connectivity index (χ1) is 9.13. The number of hydrogen-bond acceptors (Lipinski definition) is 2. The summed E-state index contributed by atoms with van der Waals surface area (Å²) in [7, 11) is 1.99. The fourth-order valence-corrected chi connectivity index (χ4v) is 2.65. The first kappa shape index (κ1) is 14.2. The first-order valence-electron chi connectivity index (χ1n) is 6.05. The summed E-state index contributed by atoms with van der Waals surface area (Å²) in [6.45, 7) is 1.15. The molecule has 4 heteroatoms. The van der Waals surface area contributed by atoms with Crippen molar-refractivity contribution in [3.63, 3.8) is 0 Å². The van der Waals surface area contributed by atoms with Crippen LogP contribution in [0.5, 0.6) is 0 Å². The summed E-state index contributed by atoms with van der Waals surface area (Å²) in [5.41, 5.74) is 8.83. The molecule has 0 saturated heterocycles. The van der Waals surface area contributed by atoms with Crippen molar-refractivity contribution in [2.24, 2.45) is 5.73 Å². The molecular formula is C15H16Cl2N2. The Labute approximate surface area is 123 Å². The highest BCUT2D eigenvalue weighted by atomic mass is 35.5. The van der Waals surface area contributed by atoms with E-state index in [1.807, 2.05) is 49.5 Å². The van der Waals surface area contributed by atoms with E-state index in [0.717, 1.165) is 21.8 Å². The van der Waals surface area contributed by atoms with Gasteiger partial charge in [0.1, 0.15) is 0 Å². The van der Waals surface area contributed by atoms with Crippen molar-refractivity contribution in [1.82, 2.24) is 0 Å². The van der Waals surface area contributed by atoms with Gasteiger partial charge in [0.25, 0.3) is 0 Å². The molecule has 0 spiro atoms. The van der Waals surface area contributed by atoms with E-state index in [9.17, 15) is 0 Å². The van der Waals surface area contributed by atoms with E-state index in [0.29, 0.717) is 18.1 Å². The van der Waals surface area contributed by atoms with E-state index in [2.05, 4.69) is 4.90 Å². The fourth-order valence-electron chi connectivity index (χ4n) is 2.11. The van der Waals surface area contributed by atoms with Gasteiger partial charge in [0.15, 0.2) is 0 Å². The Morgan fingerprint density at radius 2 is 1.58 bits per heavy atom. The third-order valence-electron chi connectivity index (χ3n) is 3.04. The second kappa shape index (κ2) is 6.29. The minimum Gasteiger partial charge on any atom is -0.369 e. The maximum absolute atomic E-state index is 6.28. The molecule has 0 aromatic heterocycles. The van der Waals surface area contributed by atoms with Crippen molar-refractivity contribution >= 4 is 28.9 Å². The molecule has 0 atom stereocenters. The molecule has 19 heavy (non-hydrogen) atoms. The van der Waals surface area contributed by atoms with E-state index >= 15 is 0 Å². The van der Waals surface area contributed by atoms with Gasteiger partial charge in [-0.25, -0.2) is 0 Å². The molecule has 0 aliphatic carbocycles. The van der Waals surface area contributed by atoms with E-state index < -0.39 is 0 Å². The average molecular weight is 295 g/mol. The third-order valence-corrected chi connectivity index (χ3v) is 3.71. The molecule has 0 saturated carbocycles. The Hall–Kier alpha value is -1.22. The molecule has 0 radical (unpaired) electrons. The Balaban J connectivity index is 2.30. The number of benzene rings is 2. The second-order valence-corrected chi connectivity index (χ2v) is 5.21. The summed E-state index contributed by atoms with van der Waals surface area (Å²) < 4.78 is 0. The molecule has 2 aromatic rings. The number of anilines is 1. The van der Waals surface area contributed by atoms with Crippen molar-refractivity contribution in [1.29, 1.82) is 0 Å². The van der Waals surface area contributed by atoms with Crippen LogP contribution in [0.2, 0.25) is 10.0 Å². The number of halogens is 2. The van der Waals surface area contributed by atoms with Crippen LogP contribution in [0.1, 0.15) is 11.1 Å². The molecule has 0 unspecified atom stereocenters. The minimum absolute atomic E-state index is 0.461. The van der Waals surface area contributed by atoms with Gasteiger partial charge in [-0.2, -0.15) is 0 Å². The zero-order valence-electron chi connectivity index (χ0n) is 10.7. The zero-order chi connectivity index (χ0) is 13.8. The van der Waals surface area contributed by atoms with Crippen LogP contribution in [0.25, 0.3) is 0 Å². The Bertz CT molecular complexity index is 570. The number of hydrogen-bond donors (Lipinski definition) is 1. The number of para-hydroxylation sites is 1. The van der Waals surface area contributed by atoms with Gasteiger partial charge < -0.3 is 10.6 Å². The summed E-state index contributed by atoms with van der Waals surface area (Å²) in [5.74, 6) is 0. The largest absolute Gasteiger partial charge is 0.369 e. The van der Waals surface area contributed by atoms with Crippen molar-refractivity contribution in [2.75, 3.05) is 11.9 Å². The maximum atomic E-state index is 6.28. The molecular weight excluding hydrogens is 279 g/mol. The lowest BCUT2D eigenvalue weighted by atomic mass is 10.1. The van der Waals surface area contributed by atoms with Gasteiger partial charge in [-0.3, -0.25) is 0 Å². The summed E-state index contributed by atoms with van der Waals surface area (Å²) in [4.78, 5) is 2.08. The highest BCUT2D eigenvalue weighted by Gasteiger charge is 2.12. The van der Waals surface area contributed by atoms with E-state index in [1.54, 1.807) is 0 Å². The SMILES string of the molecule is CN(Cc1ccccc1Cl)c1c(Cl)cccc1CN. The lowest BCUT2D eigenvalue weighted by molar-refractivity contribution is 0.904. The lowest BCUT2D eigenvalue weighted by Crippen LogP contribution is -2.19. The predicted molar refractivity (Wildman–Crippen MR) is 82.9 cm³/mol. The first-order valence-corrected chi connectivity index (χ1v) is 6.81. The van der Waals surface area contributed by atoms with Crippen LogP contribution in [0.4, 0.5) is 5.69 Å². The standard InChI is InChI=1S/C15H16Cl2N2/c1-19(10-12-5-2-3-7-13(12)16)15-11(9-18)6-4-8-14(15)17/h2-8H,9-10,18H2,1H3. The van der Waals surface area contributed by atoms with Crippen molar-refractivity contribution in [2.45, 2.75) is 13.1 Å². The van der Waals surface area contributed by atoms with Crippen molar-refractivity contribution in [3.8, 4) is 0 Å². The fraction of sp³-hybridized carbons (Fsp3) is 0.200. The van der Waals surface area contributed by atoms with E-state index in [-0.39, 0.29) is 0 Å². The molecule has 0 heterocycles. The van der Waals surface area contributed by atoms with Gasteiger partial charge >= 0.3 is 0 Å². The Kier molecular flexibility index (Phi) is 4.70. The van der Waals surface area contributed by atoms with Crippen molar-refractivity contribution in [3.05, 3.63) is 63.6 Å². The quantitative estimate of drug-likeness (QED) is 0.920. The van der Waals surface area contributed by atoms with E-state index in [1.165, 1.54) is 0 Å². The number of rotatable bonds is 4. The summed E-state index contributed by atoms with van der Waals surface area (Å²) in [5, 5.41) is 1.47. The van der Waals surface area contributed by atoms with Crippen LogP contribution in [-0.2, 0) is 13.1 Å². The van der Waals surface area contributed by atoms with Crippen LogP contribution in [0.15, 0.2) is 42.5 Å². The van der Waals surface area contributed by atoms with Crippen LogP contribution < -0.4 is 10.6 Å². The lowest BCUT2D eigenvalue weighted by Gasteiger charge is -2.24. The topological polar surface area (TPSA) is 29.3 Å². The second-order valence-electron chi connectivity index (χ2n) is 4.40. The Morgan fingerprint density at radius 3 is 2.26 bits per heavy atom. The zero-order valence-corrected chi connectivity index (χ0v) is 12.2. The van der Waals surface area contributed by atoms with Crippen molar-refractivity contribution < 1.29 is 0 Å². The smallest absolute Gasteiger partial charge is 0.0642 e. The molecule has 0 bridgehead atoms. The summed E-state index contributed by atoms with van der Waals surface area (Å²) in [6, 6.07) is 13.6. The minimum atomic E-state index is 0.461. The van der Waals surface area contributed by atoms with E-state index in [4.69, 9.17) is 28.9 Å². The van der Waals surface area contributed by atoms with Gasteiger partial charge in [-0.15, -0.1) is 0 Å². The molecule has 0 fully saturated rings. The van der Waals surface area contributed by atoms with Crippen LogP contribution in [-0.4, -0.2) is 7.05 Å². The molecule has 0 aliphatic rings. The molecule has 100 valence electrons. The normalized spacial score (nSPS) is 10.5. The predicted octanol–water partition coefficient (Wildman–Crippen LogP) is 4.09. The molecule has 2 N–H and O–H groups in total. The molecule has 0 aliphatic heterocycles. The summed E-state index contributed by atoms with van der Waals surface area (Å²) in [6.07, 6.45) is 0. The molecule has 2 aromatic carbocycles. The van der Waals surface area contributed by atoms with Gasteiger partial charge in [0, 0.05) is 25.2 Å². The van der Waals surface area contributed by atoms with Gasteiger partial charge in [-0.05, 0) is 23.3 Å². The van der Waals surface area contributed by atoms with Gasteiger partial charge in [0.2, 0.25) is 0 Å². The molecule has 2 rings (SSSR count). The molecule has 2 nitrogen and oxygen atoms in total. The van der Waals surface area contributed by atoms with Crippen LogP contribution in [0.3, 0.4) is 0 Å². The number of nitrogens with zero attached hydrogens (tertiary/aromatic N) is 1. The number of nitrogens with two attached hydrogens (primary N) is 1. The summed E-state index contributed by atoms with van der Waals surface area (Å²) >= 11 is 12.5. The average Bonchev–Trinajstić information content (AvgIpc) is 2.40. The highest BCUT2D eigenvalue weighted by molar-refractivity contribution is 6.33. The monoisotopic (exact) mass is 294 g/mol. The van der Waals surface area contributed by atoms with Gasteiger partial charge in [0.05, 0.1) is 10.7 Å². The maximum Gasteiger partial charge on any atom is 0.0642 e. The third kappa shape index (κ3) is 3.21. The molecule has 0 amide bonds. The van der Waals surface area contributed by atoms with Crippen LogP contribution in [0, 0.1) is 0 Å². The highest BCUT2D eigenvalue weighted by Crippen LogP contribution is 2.30.